The molecule has 31 heavy (non-hydrogen) atoms. The van der Waals surface area contributed by atoms with Crippen LogP contribution in [-0.4, -0.2) is 24.0 Å². The number of carboxylic acids is 1. The molecule has 0 fully saturated rings. The van der Waals surface area contributed by atoms with Gasteiger partial charge < -0.3 is 14.6 Å². The maximum atomic E-state index is 13.0. The van der Waals surface area contributed by atoms with Crippen LogP contribution in [0, 0.1) is 0 Å². The molecular formula is C24H28Br2O5. The molecule has 0 saturated heterocycles. The third-order valence-electron chi connectivity index (χ3n) is 4.89. The molecule has 0 saturated carbocycles. The normalized spacial score (nSPS) is 10.9. The minimum Gasteiger partial charge on any atom is -0.496 e. The van der Waals surface area contributed by atoms with Crippen molar-refractivity contribution in [1.82, 2.24) is 0 Å². The number of ether oxygens (including phenoxy) is 2. The molecule has 2 aromatic rings. The first-order chi connectivity index (χ1) is 14.7. The molecule has 0 aliphatic rings. The van der Waals surface area contributed by atoms with Crippen LogP contribution in [0.25, 0.3) is 0 Å². The van der Waals surface area contributed by atoms with Gasteiger partial charge >= 0.3 is 5.97 Å². The number of carbonyl (C=O) groups is 2. The summed E-state index contributed by atoms with van der Waals surface area (Å²) in [6.45, 7) is 6.20. The van der Waals surface area contributed by atoms with Gasteiger partial charge in [-0.3, -0.25) is 9.59 Å². The quantitative estimate of drug-likeness (QED) is 0.229. The van der Waals surface area contributed by atoms with Crippen LogP contribution in [0.4, 0.5) is 0 Å². The average molecular weight is 556 g/mol. The van der Waals surface area contributed by atoms with Crippen LogP contribution >= 0.6 is 31.9 Å². The predicted octanol–water partition coefficient (Wildman–Crippen LogP) is 7.53. The van der Waals surface area contributed by atoms with Crippen molar-refractivity contribution in [3.8, 4) is 17.2 Å². The van der Waals surface area contributed by atoms with Crippen molar-refractivity contribution in [3.63, 3.8) is 0 Å². The predicted molar refractivity (Wildman–Crippen MR) is 129 cm³/mol. The number of halogens is 2. The lowest BCUT2D eigenvalue weighted by molar-refractivity contribution is -0.136. The number of ketones is 1. The van der Waals surface area contributed by atoms with Crippen LogP contribution in [0.3, 0.4) is 0 Å². The Morgan fingerprint density at radius 1 is 1.03 bits per heavy atom. The molecule has 0 aliphatic heterocycles. The van der Waals surface area contributed by atoms with E-state index in [9.17, 15) is 9.59 Å². The number of hydrogen-bond donors (Lipinski definition) is 1. The maximum Gasteiger partial charge on any atom is 0.307 e. The van der Waals surface area contributed by atoms with E-state index in [1.807, 2.05) is 6.07 Å². The number of carbonyl (C=O) groups excluding carboxylic acids is 1. The van der Waals surface area contributed by atoms with E-state index < -0.39 is 5.97 Å². The molecule has 0 aromatic heterocycles. The Bertz CT molecular complexity index is 930. The molecule has 0 bridgehead atoms. The first kappa shape index (κ1) is 25.4. The van der Waals surface area contributed by atoms with Gasteiger partial charge in [0.2, 0.25) is 0 Å². The summed E-state index contributed by atoms with van der Waals surface area (Å²) >= 11 is 6.95. The molecule has 2 aromatic carbocycles. The van der Waals surface area contributed by atoms with Gasteiger partial charge in [0.1, 0.15) is 11.5 Å². The van der Waals surface area contributed by atoms with Gasteiger partial charge in [-0.25, -0.2) is 0 Å². The van der Waals surface area contributed by atoms with Gasteiger partial charge in [-0.15, -0.1) is 0 Å². The van der Waals surface area contributed by atoms with Crippen molar-refractivity contribution in [2.45, 2.75) is 58.8 Å². The number of hydrogen-bond acceptors (Lipinski definition) is 4. The Labute approximate surface area is 200 Å². The van der Waals surface area contributed by atoms with Crippen molar-refractivity contribution in [2.75, 3.05) is 7.11 Å². The molecule has 7 heteroatoms. The van der Waals surface area contributed by atoms with E-state index in [1.54, 1.807) is 25.3 Å². The van der Waals surface area contributed by atoms with E-state index in [1.165, 1.54) is 0 Å². The summed E-state index contributed by atoms with van der Waals surface area (Å²) in [5.41, 5.74) is 2.05. The lowest BCUT2D eigenvalue weighted by atomic mass is 9.96. The Morgan fingerprint density at radius 2 is 1.68 bits per heavy atom. The Morgan fingerprint density at radius 3 is 2.19 bits per heavy atom. The van der Waals surface area contributed by atoms with Crippen LogP contribution in [0.15, 0.2) is 33.2 Å². The second-order valence-electron chi connectivity index (χ2n) is 7.69. The highest BCUT2D eigenvalue weighted by atomic mass is 79.9. The van der Waals surface area contributed by atoms with Gasteiger partial charge in [-0.1, -0.05) is 33.6 Å². The minimum atomic E-state index is -0.913. The largest absolute Gasteiger partial charge is 0.496 e. The Kier molecular flexibility index (Phi) is 9.56. The van der Waals surface area contributed by atoms with Crippen LogP contribution < -0.4 is 9.47 Å². The monoisotopic (exact) mass is 554 g/mol. The zero-order chi connectivity index (χ0) is 23.1. The Balaban J connectivity index is 2.51. The molecule has 1 N–H and O–H groups in total. The molecule has 0 atom stereocenters. The van der Waals surface area contributed by atoms with Gasteiger partial charge in [-0.2, -0.15) is 0 Å². The minimum absolute atomic E-state index is 0.00629. The van der Waals surface area contributed by atoms with Gasteiger partial charge in [-0.05, 0) is 74.0 Å². The lowest BCUT2D eigenvalue weighted by Crippen LogP contribution is -2.06. The summed E-state index contributed by atoms with van der Waals surface area (Å²) in [6.07, 6.45) is 3.19. The first-order valence-corrected chi connectivity index (χ1v) is 11.9. The third-order valence-corrected chi connectivity index (χ3v) is 6.07. The molecule has 168 valence electrons. The van der Waals surface area contributed by atoms with Gasteiger partial charge in [0.25, 0.3) is 0 Å². The summed E-state index contributed by atoms with van der Waals surface area (Å²) in [5.74, 6) is 0.869. The molecule has 0 radical (unpaired) electrons. The van der Waals surface area contributed by atoms with E-state index in [2.05, 4.69) is 52.6 Å². The summed E-state index contributed by atoms with van der Waals surface area (Å²) in [7, 11) is 1.60. The van der Waals surface area contributed by atoms with Crippen molar-refractivity contribution in [3.05, 3.63) is 49.9 Å². The molecule has 2 rings (SSSR count). The highest BCUT2D eigenvalue weighted by Crippen LogP contribution is 2.42. The second kappa shape index (κ2) is 11.7. The number of Topliss-reactive ketones (excluding diaryl/α,β-unsaturated/α-hetero) is 1. The van der Waals surface area contributed by atoms with E-state index in [4.69, 9.17) is 14.6 Å². The van der Waals surface area contributed by atoms with Crippen LogP contribution in [-0.2, 0) is 11.2 Å². The topological polar surface area (TPSA) is 72.8 Å². The number of aliphatic carboxylic acids is 1. The highest BCUT2D eigenvalue weighted by Gasteiger charge is 2.21. The maximum absolute atomic E-state index is 13.0. The molecule has 0 aliphatic carbocycles. The summed E-state index contributed by atoms with van der Waals surface area (Å²) in [5, 5.41) is 9.06. The standard InChI is InChI=1S/C24H28Br2O5/c1-5-6-7-8-20(27)17-13-21(30-4)16(14(2)3)12-22(17)31-24-18(25)9-15(10-19(24)26)11-23(28)29/h9-10,12-14H,5-8,11H2,1-4H3,(H,28,29). The third kappa shape index (κ3) is 6.81. The lowest BCUT2D eigenvalue weighted by Gasteiger charge is -2.19. The van der Waals surface area contributed by atoms with E-state index in [0.29, 0.717) is 43.7 Å². The van der Waals surface area contributed by atoms with Crippen molar-refractivity contribution in [2.24, 2.45) is 0 Å². The van der Waals surface area contributed by atoms with Gasteiger partial charge in [0.15, 0.2) is 11.5 Å². The van der Waals surface area contributed by atoms with Crippen LogP contribution in [0.2, 0.25) is 0 Å². The SMILES string of the molecule is CCCCCC(=O)c1cc(OC)c(C(C)C)cc1Oc1c(Br)cc(CC(=O)O)cc1Br. The number of unbranched alkanes of at least 4 members (excludes halogenated alkanes) is 2. The molecule has 5 nitrogen and oxygen atoms in total. The second-order valence-corrected chi connectivity index (χ2v) is 9.40. The van der Waals surface area contributed by atoms with Crippen LogP contribution in [0.1, 0.15) is 73.9 Å². The Hall–Kier alpha value is -1.86. The van der Waals surface area contributed by atoms with Gasteiger partial charge in [0.05, 0.1) is 28.0 Å². The summed E-state index contributed by atoms with van der Waals surface area (Å²) in [4.78, 5) is 24.0. The number of methoxy groups -OCH3 is 1. The summed E-state index contributed by atoms with van der Waals surface area (Å²) in [6, 6.07) is 7.05. The highest BCUT2D eigenvalue weighted by molar-refractivity contribution is 9.11. The van der Waals surface area contributed by atoms with Gasteiger partial charge in [0, 0.05) is 12.0 Å². The number of benzene rings is 2. The van der Waals surface area contributed by atoms with Crippen molar-refractivity contribution in [1.29, 1.82) is 0 Å². The zero-order valence-corrected chi connectivity index (χ0v) is 21.4. The molecule has 0 heterocycles. The van der Waals surface area contributed by atoms with E-state index in [0.717, 1.165) is 24.8 Å². The summed E-state index contributed by atoms with van der Waals surface area (Å²) < 4.78 is 13.0. The van der Waals surface area contributed by atoms with E-state index in [-0.39, 0.29) is 18.1 Å². The number of rotatable bonds is 11. The fourth-order valence-electron chi connectivity index (χ4n) is 3.27. The van der Waals surface area contributed by atoms with Crippen molar-refractivity contribution < 1.29 is 24.2 Å². The number of carboxylic acid groups (broad SMARTS) is 1. The molecule has 0 spiro atoms. The smallest absolute Gasteiger partial charge is 0.307 e. The fourth-order valence-corrected chi connectivity index (χ4v) is 4.72. The van der Waals surface area contributed by atoms with E-state index >= 15 is 0 Å². The van der Waals surface area contributed by atoms with Crippen molar-refractivity contribution >= 4 is 43.6 Å². The fraction of sp³-hybridized carbons (Fsp3) is 0.417. The van der Waals surface area contributed by atoms with Crippen LogP contribution in [0.5, 0.6) is 17.2 Å². The first-order valence-electron chi connectivity index (χ1n) is 10.3. The average Bonchev–Trinajstić information content (AvgIpc) is 2.69. The molecule has 0 unspecified atom stereocenters. The zero-order valence-electron chi connectivity index (χ0n) is 18.3. The molecular weight excluding hydrogens is 528 g/mol. The molecule has 0 amide bonds.